The number of nitrogens with one attached hydrogen (secondary N) is 1. The Morgan fingerprint density at radius 3 is 2.57 bits per heavy atom. The van der Waals surface area contributed by atoms with Crippen LogP contribution in [0.1, 0.15) is 21.5 Å². The van der Waals surface area contributed by atoms with Gasteiger partial charge in [-0.25, -0.2) is 4.39 Å². The van der Waals surface area contributed by atoms with Crippen molar-refractivity contribution in [3.63, 3.8) is 0 Å². The average molecular weight is 389 g/mol. The van der Waals surface area contributed by atoms with Gasteiger partial charge in [0.15, 0.2) is 0 Å². The number of hydrogen-bond donors (Lipinski definition) is 1. The van der Waals surface area contributed by atoms with Gasteiger partial charge in [0.05, 0.1) is 11.2 Å². The second-order valence-electron chi connectivity index (χ2n) is 4.78. The van der Waals surface area contributed by atoms with E-state index in [1.807, 2.05) is 6.07 Å². The van der Waals surface area contributed by atoms with Crippen LogP contribution in [0.25, 0.3) is 0 Å². The van der Waals surface area contributed by atoms with Gasteiger partial charge in [-0.05, 0) is 34.9 Å². The molecule has 1 aliphatic heterocycles. The van der Waals surface area contributed by atoms with Gasteiger partial charge in [-0.15, -0.1) is 0 Å². The number of carbonyl (C=O) groups is 1. The maximum Gasteiger partial charge on any atom is 0.228 e. The summed E-state index contributed by atoms with van der Waals surface area (Å²) in [5.41, 5.74) is 3.14. The van der Waals surface area contributed by atoms with E-state index >= 15 is 0 Å². The van der Waals surface area contributed by atoms with Gasteiger partial charge >= 0.3 is 0 Å². The second kappa shape index (κ2) is 5.59. The van der Waals surface area contributed by atoms with Crippen molar-refractivity contribution in [1.29, 1.82) is 0 Å². The molecule has 0 saturated carbocycles. The Hall–Kier alpha value is -1.10. The lowest BCUT2D eigenvalue weighted by Gasteiger charge is -2.15. The molecule has 6 heteroatoms. The minimum atomic E-state index is -0.390. The van der Waals surface area contributed by atoms with Gasteiger partial charge < -0.3 is 5.32 Å². The van der Waals surface area contributed by atoms with Crippen LogP contribution in [0.3, 0.4) is 0 Å². The molecular weight excluding hydrogens is 380 g/mol. The van der Waals surface area contributed by atoms with Gasteiger partial charge in [0.2, 0.25) is 5.91 Å². The molecular formula is C15H9BrCl2FNO. The number of halogens is 4. The number of fused-ring (bicyclic) bond motifs is 1. The molecule has 2 aromatic rings. The summed E-state index contributed by atoms with van der Waals surface area (Å²) in [6.45, 7) is 0. The zero-order valence-corrected chi connectivity index (χ0v) is 13.7. The Kier molecular flexibility index (Phi) is 3.95. The number of anilines is 1. The maximum absolute atomic E-state index is 13.1. The van der Waals surface area contributed by atoms with Crippen molar-refractivity contribution in [1.82, 2.24) is 0 Å². The number of rotatable bonds is 2. The molecule has 0 spiro atoms. The highest BCUT2D eigenvalue weighted by Gasteiger charge is 2.23. The number of alkyl halides is 1. The summed E-state index contributed by atoms with van der Waals surface area (Å²) >= 11 is 15.9. The first-order valence-electron chi connectivity index (χ1n) is 6.17. The molecule has 1 heterocycles. The van der Waals surface area contributed by atoms with E-state index in [2.05, 4.69) is 21.2 Å². The topological polar surface area (TPSA) is 29.1 Å². The minimum Gasteiger partial charge on any atom is -0.325 e. The largest absolute Gasteiger partial charge is 0.325 e. The highest BCUT2D eigenvalue weighted by molar-refractivity contribution is 9.09. The van der Waals surface area contributed by atoms with Crippen LogP contribution in [0.15, 0.2) is 30.3 Å². The number of carbonyl (C=O) groups excluding carboxylic acids is 1. The Balaban J connectivity index is 2.04. The van der Waals surface area contributed by atoms with Crippen LogP contribution in [0.5, 0.6) is 0 Å². The van der Waals surface area contributed by atoms with E-state index in [1.54, 1.807) is 12.1 Å². The van der Waals surface area contributed by atoms with Crippen LogP contribution < -0.4 is 5.32 Å². The number of hydrogen-bond acceptors (Lipinski definition) is 1. The van der Waals surface area contributed by atoms with Crippen molar-refractivity contribution < 1.29 is 9.18 Å². The third kappa shape index (κ3) is 2.80. The molecule has 0 aromatic heterocycles. The molecule has 0 bridgehead atoms. The van der Waals surface area contributed by atoms with Crippen LogP contribution in [0.2, 0.25) is 10.0 Å². The predicted molar refractivity (Wildman–Crippen MR) is 86.0 cm³/mol. The molecule has 1 aliphatic rings. The van der Waals surface area contributed by atoms with Crippen LogP contribution >= 0.6 is 39.1 Å². The van der Waals surface area contributed by atoms with Gasteiger partial charge in [0.1, 0.15) is 5.82 Å². The molecule has 1 amide bonds. The summed E-state index contributed by atoms with van der Waals surface area (Å²) in [5.74, 6) is -0.442. The van der Waals surface area contributed by atoms with Crippen LogP contribution in [-0.2, 0) is 11.2 Å². The van der Waals surface area contributed by atoms with Crippen molar-refractivity contribution in [3.05, 3.63) is 62.9 Å². The summed E-state index contributed by atoms with van der Waals surface area (Å²) < 4.78 is 13.1. The van der Waals surface area contributed by atoms with Crippen molar-refractivity contribution in [2.24, 2.45) is 0 Å². The van der Waals surface area contributed by atoms with E-state index in [4.69, 9.17) is 23.2 Å². The summed E-state index contributed by atoms with van der Waals surface area (Å²) in [4.78, 5) is 11.1. The first-order chi connectivity index (χ1) is 9.95. The zero-order valence-electron chi connectivity index (χ0n) is 10.6. The van der Waals surface area contributed by atoms with E-state index in [1.165, 1.54) is 12.1 Å². The second-order valence-corrected chi connectivity index (χ2v) is 6.51. The fourth-order valence-electron chi connectivity index (χ4n) is 2.34. The first kappa shape index (κ1) is 14.8. The van der Waals surface area contributed by atoms with Gasteiger partial charge in [0, 0.05) is 15.7 Å². The zero-order chi connectivity index (χ0) is 15.1. The molecule has 3 rings (SSSR count). The lowest BCUT2D eigenvalue weighted by Crippen LogP contribution is -2.03. The highest BCUT2D eigenvalue weighted by atomic mass is 79.9. The molecule has 0 radical (unpaired) electrons. The third-order valence-corrected chi connectivity index (χ3v) is 5.00. The Bertz CT molecular complexity index is 751. The monoisotopic (exact) mass is 387 g/mol. The van der Waals surface area contributed by atoms with E-state index < -0.39 is 5.82 Å². The smallest absolute Gasteiger partial charge is 0.228 e. The van der Waals surface area contributed by atoms with E-state index in [-0.39, 0.29) is 10.7 Å². The van der Waals surface area contributed by atoms with Crippen LogP contribution in [-0.4, -0.2) is 5.91 Å². The SMILES string of the molecule is O=C1Cc2cc(C(Br)c3ccc(F)cc3Cl)c(Cl)cc2N1. The van der Waals surface area contributed by atoms with Crippen molar-refractivity contribution in [3.8, 4) is 0 Å². The summed E-state index contributed by atoms with van der Waals surface area (Å²) in [6, 6.07) is 7.82. The molecule has 2 aromatic carbocycles. The molecule has 1 atom stereocenters. The van der Waals surface area contributed by atoms with Gasteiger partial charge in [-0.1, -0.05) is 51.3 Å². The number of amides is 1. The summed E-state index contributed by atoms with van der Waals surface area (Å²) in [5, 5.41) is 3.58. The van der Waals surface area contributed by atoms with Crippen LogP contribution in [0.4, 0.5) is 10.1 Å². The molecule has 1 unspecified atom stereocenters. The molecule has 0 fully saturated rings. The van der Waals surface area contributed by atoms with Crippen molar-refractivity contribution in [2.45, 2.75) is 11.2 Å². The Labute approximate surface area is 139 Å². The van der Waals surface area contributed by atoms with Crippen LogP contribution in [0, 0.1) is 5.82 Å². The van der Waals surface area contributed by atoms with Gasteiger partial charge in [-0.3, -0.25) is 4.79 Å². The molecule has 0 aliphatic carbocycles. The van der Waals surface area contributed by atoms with E-state index in [0.29, 0.717) is 16.5 Å². The Morgan fingerprint density at radius 1 is 1.14 bits per heavy atom. The maximum atomic E-state index is 13.1. The quantitative estimate of drug-likeness (QED) is 0.711. The van der Waals surface area contributed by atoms with Gasteiger partial charge in [-0.2, -0.15) is 0 Å². The first-order valence-corrected chi connectivity index (χ1v) is 7.84. The third-order valence-electron chi connectivity index (χ3n) is 3.36. The van der Waals surface area contributed by atoms with Gasteiger partial charge in [0.25, 0.3) is 0 Å². The molecule has 0 saturated heterocycles. The van der Waals surface area contributed by atoms with Crippen molar-refractivity contribution >= 4 is 50.7 Å². The lowest BCUT2D eigenvalue weighted by atomic mass is 10.0. The molecule has 21 heavy (non-hydrogen) atoms. The minimum absolute atomic E-state index is 0.0517. The predicted octanol–water partition coefficient (Wildman–Crippen LogP) is 5.11. The molecule has 108 valence electrons. The molecule has 1 N–H and O–H groups in total. The number of benzene rings is 2. The average Bonchev–Trinajstić information content (AvgIpc) is 2.76. The fourth-order valence-corrected chi connectivity index (χ4v) is 3.93. The standard InChI is InChI=1S/C15H9BrCl2FNO/c16-15(9-2-1-8(19)5-11(9)17)10-3-7-4-14(21)20-13(7)6-12(10)18/h1-3,5-6,15H,4H2,(H,20,21). The molecule has 2 nitrogen and oxygen atoms in total. The summed E-state index contributed by atoms with van der Waals surface area (Å²) in [7, 11) is 0. The van der Waals surface area contributed by atoms with E-state index in [0.717, 1.165) is 22.4 Å². The van der Waals surface area contributed by atoms with E-state index in [9.17, 15) is 9.18 Å². The summed E-state index contributed by atoms with van der Waals surface area (Å²) in [6.07, 6.45) is 0.330. The Morgan fingerprint density at radius 2 is 1.86 bits per heavy atom. The van der Waals surface area contributed by atoms with Crippen molar-refractivity contribution in [2.75, 3.05) is 5.32 Å². The normalized spacial score (nSPS) is 14.8. The lowest BCUT2D eigenvalue weighted by molar-refractivity contribution is -0.115. The fraction of sp³-hybridized carbons (Fsp3) is 0.133. The highest BCUT2D eigenvalue weighted by Crippen LogP contribution is 2.41.